The number of carbonyl (C=O) groups excluding carboxylic acids is 1. The van der Waals surface area contributed by atoms with Crippen LogP contribution in [0, 0.1) is 5.92 Å². The van der Waals surface area contributed by atoms with Crippen LogP contribution < -0.4 is 0 Å². The van der Waals surface area contributed by atoms with Crippen molar-refractivity contribution >= 4 is 17.5 Å². The van der Waals surface area contributed by atoms with Gasteiger partial charge in [0, 0.05) is 22.7 Å². The summed E-state index contributed by atoms with van der Waals surface area (Å²) in [6.45, 7) is 4.88. The number of benzene rings is 2. The molecule has 1 atom stereocenters. The van der Waals surface area contributed by atoms with E-state index in [2.05, 4.69) is 24.0 Å². The van der Waals surface area contributed by atoms with Crippen LogP contribution in [0.2, 0.25) is 5.02 Å². The van der Waals surface area contributed by atoms with Gasteiger partial charge in [0.2, 0.25) is 0 Å². The van der Waals surface area contributed by atoms with Crippen LogP contribution in [0.15, 0.2) is 54.6 Å². The van der Waals surface area contributed by atoms with Crippen LogP contribution in [-0.4, -0.2) is 27.5 Å². The number of aromatic amines is 1. The van der Waals surface area contributed by atoms with Crippen molar-refractivity contribution in [3.63, 3.8) is 0 Å². The first-order valence-corrected chi connectivity index (χ1v) is 9.14. The molecule has 2 heterocycles. The van der Waals surface area contributed by atoms with E-state index in [1.807, 2.05) is 59.5 Å². The monoisotopic (exact) mass is 365 g/mol. The fraction of sp³-hybridized carbons (Fsp3) is 0.238. The van der Waals surface area contributed by atoms with E-state index in [9.17, 15) is 4.79 Å². The van der Waals surface area contributed by atoms with Crippen LogP contribution in [0.25, 0.3) is 11.3 Å². The molecule has 1 aromatic heterocycles. The second kappa shape index (κ2) is 6.61. The van der Waals surface area contributed by atoms with Gasteiger partial charge in [-0.25, -0.2) is 0 Å². The lowest BCUT2D eigenvalue weighted by molar-refractivity contribution is 0.0722. The summed E-state index contributed by atoms with van der Waals surface area (Å²) in [5.41, 5.74) is 4.20. The van der Waals surface area contributed by atoms with Gasteiger partial charge in [0.25, 0.3) is 5.91 Å². The number of nitrogens with zero attached hydrogens (tertiary/aromatic N) is 2. The molecule has 0 spiro atoms. The molecule has 1 N–H and O–H groups in total. The topological polar surface area (TPSA) is 49.0 Å². The van der Waals surface area contributed by atoms with Gasteiger partial charge in [0.15, 0.2) is 0 Å². The number of hydrogen-bond acceptors (Lipinski definition) is 2. The van der Waals surface area contributed by atoms with E-state index in [1.165, 1.54) is 0 Å². The number of halogens is 1. The van der Waals surface area contributed by atoms with E-state index in [0.29, 0.717) is 23.2 Å². The third kappa shape index (κ3) is 2.71. The van der Waals surface area contributed by atoms with Crippen molar-refractivity contribution in [2.24, 2.45) is 5.92 Å². The fourth-order valence-corrected chi connectivity index (χ4v) is 3.85. The SMILES string of the molecule is CC(C)CN1C(=O)c2[nH]nc(-c3ccccc3)c2C1c1ccccc1Cl. The maximum atomic E-state index is 13.1. The molecule has 1 aliphatic rings. The summed E-state index contributed by atoms with van der Waals surface area (Å²) < 4.78 is 0. The largest absolute Gasteiger partial charge is 0.326 e. The lowest BCUT2D eigenvalue weighted by Gasteiger charge is -2.28. The molecule has 0 aliphatic carbocycles. The van der Waals surface area contributed by atoms with Gasteiger partial charge in [-0.1, -0.05) is 74.0 Å². The summed E-state index contributed by atoms with van der Waals surface area (Å²) in [5.74, 6) is 0.328. The Bertz CT molecular complexity index is 949. The van der Waals surface area contributed by atoms with Crippen LogP contribution in [0.4, 0.5) is 0 Å². The van der Waals surface area contributed by atoms with Gasteiger partial charge in [0.1, 0.15) is 5.69 Å². The molecule has 0 radical (unpaired) electrons. The normalized spacial score (nSPS) is 16.4. The highest BCUT2D eigenvalue weighted by atomic mass is 35.5. The Morgan fingerprint density at radius 3 is 2.50 bits per heavy atom. The Morgan fingerprint density at radius 2 is 1.81 bits per heavy atom. The highest BCUT2D eigenvalue weighted by Crippen LogP contribution is 2.44. The molecule has 1 amide bonds. The minimum atomic E-state index is -0.234. The zero-order chi connectivity index (χ0) is 18.3. The average Bonchev–Trinajstić information content (AvgIpc) is 3.17. The lowest BCUT2D eigenvalue weighted by atomic mass is 9.95. The zero-order valence-corrected chi connectivity index (χ0v) is 15.5. The summed E-state index contributed by atoms with van der Waals surface area (Å²) in [5, 5.41) is 8.09. The number of rotatable bonds is 4. The van der Waals surface area contributed by atoms with Crippen molar-refractivity contribution in [2.45, 2.75) is 19.9 Å². The van der Waals surface area contributed by atoms with Gasteiger partial charge in [-0.2, -0.15) is 5.10 Å². The second-order valence-electron chi connectivity index (χ2n) is 7.00. The summed E-state index contributed by atoms with van der Waals surface area (Å²) in [4.78, 5) is 15.0. The number of H-pyrrole nitrogens is 1. The van der Waals surface area contributed by atoms with E-state index in [1.54, 1.807) is 0 Å². The van der Waals surface area contributed by atoms with Gasteiger partial charge < -0.3 is 4.90 Å². The molecule has 0 bridgehead atoms. The first kappa shape index (κ1) is 16.9. The molecule has 0 saturated heterocycles. The predicted molar refractivity (Wildman–Crippen MR) is 103 cm³/mol. The smallest absolute Gasteiger partial charge is 0.273 e. The molecule has 132 valence electrons. The number of aromatic nitrogens is 2. The van der Waals surface area contributed by atoms with Crippen molar-refractivity contribution in [3.05, 3.63) is 76.4 Å². The van der Waals surface area contributed by atoms with Crippen LogP contribution in [0.3, 0.4) is 0 Å². The molecule has 4 rings (SSSR count). The summed E-state index contributed by atoms with van der Waals surface area (Å²) in [6.07, 6.45) is 0. The minimum Gasteiger partial charge on any atom is -0.326 e. The van der Waals surface area contributed by atoms with E-state index < -0.39 is 0 Å². The molecule has 2 aromatic carbocycles. The van der Waals surface area contributed by atoms with Crippen LogP contribution >= 0.6 is 11.6 Å². The van der Waals surface area contributed by atoms with Gasteiger partial charge in [0.05, 0.1) is 11.7 Å². The summed E-state index contributed by atoms with van der Waals surface area (Å²) >= 11 is 6.52. The lowest BCUT2D eigenvalue weighted by Crippen LogP contribution is -2.33. The van der Waals surface area contributed by atoms with Gasteiger partial charge >= 0.3 is 0 Å². The van der Waals surface area contributed by atoms with E-state index in [0.717, 1.165) is 22.4 Å². The number of hydrogen-bond donors (Lipinski definition) is 1. The molecule has 4 nitrogen and oxygen atoms in total. The molecular formula is C21H20ClN3O. The Balaban J connectivity index is 1.92. The molecule has 3 aromatic rings. The van der Waals surface area contributed by atoms with Gasteiger partial charge in [-0.05, 0) is 17.5 Å². The minimum absolute atomic E-state index is 0.0201. The number of amides is 1. The number of fused-ring (bicyclic) bond motifs is 1. The molecular weight excluding hydrogens is 346 g/mol. The third-order valence-corrected chi connectivity index (χ3v) is 5.02. The summed E-state index contributed by atoms with van der Waals surface area (Å²) in [7, 11) is 0. The zero-order valence-electron chi connectivity index (χ0n) is 14.7. The van der Waals surface area contributed by atoms with E-state index in [4.69, 9.17) is 11.6 Å². The highest BCUT2D eigenvalue weighted by Gasteiger charge is 2.42. The molecule has 0 fully saturated rings. The predicted octanol–water partition coefficient (Wildman–Crippen LogP) is 4.93. The average molecular weight is 366 g/mol. The Kier molecular flexibility index (Phi) is 4.29. The number of nitrogens with one attached hydrogen (secondary N) is 1. The van der Waals surface area contributed by atoms with Crippen LogP contribution in [0.5, 0.6) is 0 Å². The Labute approximate surface area is 157 Å². The maximum Gasteiger partial charge on any atom is 0.273 e. The standard InChI is InChI=1S/C21H20ClN3O/c1-13(2)12-25-20(15-10-6-7-11-16(15)22)17-18(14-8-4-3-5-9-14)23-24-19(17)21(25)26/h3-11,13,20H,12H2,1-2H3,(H,23,24). The summed E-state index contributed by atoms with van der Waals surface area (Å²) in [6, 6.07) is 17.4. The molecule has 1 unspecified atom stereocenters. The van der Waals surface area contributed by atoms with Gasteiger partial charge in [-0.3, -0.25) is 9.89 Å². The third-order valence-electron chi connectivity index (χ3n) is 4.67. The van der Waals surface area contributed by atoms with Crippen molar-refractivity contribution < 1.29 is 4.79 Å². The molecule has 1 aliphatic heterocycles. The van der Waals surface area contributed by atoms with E-state index in [-0.39, 0.29) is 11.9 Å². The maximum absolute atomic E-state index is 13.1. The van der Waals surface area contributed by atoms with Crippen molar-refractivity contribution in [1.29, 1.82) is 0 Å². The quantitative estimate of drug-likeness (QED) is 0.712. The number of carbonyl (C=O) groups is 1. The van der Waals surface area contributed by atoms with Crippen molar-refractivity contribution in [2.75, 3.05) is 6.54 Å². The van der Waals surface area contributed by atoms with Crippen molar-refractivity contribution in [1.82, 2.24) is 15.1 Å². The highest BCUT2D eigenvalue weighted by molar-refractivity contribution is 6.31. The Morgan fingerprint density at radius 1 is 1.12 bits per heavy atom. The molecule has 26 heavy (non-hydrogen) atoms. The fourth-order valence-electron chi connectivity index (χ4n) is 3.61. The van der Waals surface area contributed by atoms with E-state index >= 15 is 0 Å². The first-order valence-electron chi connectivity index (χ1n) is 8.77. The van der Waals surface area contributed by atoms with Crippen molar-refractivity contribution in [3.8, 4) is 11.3 Å². The van der Waals surface area contributed by atoms with Crippen LogP contribution in [-0.2, 0) is 0 Å². The van der Waals surface area contributed by atoms with Crippen LogP contribution in [0.1, 0.15) is 41.5 Å². The Hall–Kier alpha value is -2.59. The van der Waals surface area contributed by atoms with Gasteiger partial charge in [-0.15, -0.1) is 0 Å². The molecule has 0 saturated carbocycles. The molecule has 5 heteroatoms. The first-order chi connectivity index (χ1) is 12.6. The second-order valence-corrected chi connectivity index (χ2v) is 7.41.